The van der Waals surface area contributed by atoms with E-state index in [0.29, 0.717) is 12.0 Å². The van der Waals surface area contributed by atoms with Gasteiger partial charge in [-0.25, -0.2) is 4.98 Å². The van der Waals surface area contributed by atoms with Gasteiger partial charge in [-0.05, 0) is 36.3 Å². The average Bonchev–Trinajstić information content (AvgIpc) is 2.92. The van der Waals surface area contributed by atoms with E-state index in [0.717, 1.165) is 12.5 Å². The van der Waals surface area contributed by atoms with Gasteiger partial charge in [0.2, 0.25) is 5.95 Å². The van der Waals surface area contributed by atoms with Gasteiger partial charge in [-0.1, -0.05) is 38.1 Å². The summed E-state index contributed by atoms with van der Waals surface area (Å²) in [7, 11) is 0. The van der Waals surface area contributed by atoms with Crippen LogP contribution in [0.4, 0.5) is 5.95 Å². The number of nitrogens with one attached hydrogen (secondary N) is 1. The van der Waals surface area contributed by atoms with E-state index in [9.17, 15) is 0 Å². The van der Waals surface area contributed by atoms with Crippen LogP contribution in [0.2, 0.25) is 0 Å². The van der Waals surface area contributed by atoms with E-state index in [-0.39, 0.29) is 0 Å². The zero-order chi connectivity index (χ0) is 13.9. The molecule has 2 aromatic rings. The summed E-state index contributed by atoms with van der Waals surface area (Å²) in [6.45, 7) is 5.40. The zero-order valence-electron chi connectivity index (χ0n) is 12.3. The molecule has 0 saturated heterocycles. The summed E-state index contributed by atoms with van der Waals surface area (Å²) < 4.78 is 2.31. The molecule has 0 aliphatic heterocycles. The van der Waals surface area contributed by atoms with E-state index < -0.39 is 0 Å². The third-order valence-corrected chi connectivity index (χ3v) is 4.01. The third kappa shape index (κ3) is 2.58. The Hall–Kier alpha value is -1.77. The van der Waals surface area contributed by atoms with Gasteiger partial charge < -0.3 is 9.88 Å². The lowest BCUT2D eigenvalue weighted by molar-refractivity contribution is 0.492. The molecule has 1 heterocycles. The molecule has 0 amide bonds. The van der Waals surface area contributed by atoms with Gasteiger partial charge in [0.05, 0.1) is 6.04 Å². The Morgan fingerprint density at radius 3 is 3.05 bits per heavy atom. The first kappa shape index (κ1) is 13.2. The van der Waals surface area contributed by atoms with Gasteiger partial charge >= 0.3 is 0 Å². The molecule has 1 aromatic carbocycles. The largest absolute Gasteiger partial charge is 0.355 e. The van der Waals surface area contributed by atoms with Crippen molar-refractivity contribution >= 4 is 5.95 Å². The second-order valence-electron chi connectivity index (χ2n) is 6.04. The Morgan fingerprint density at radius 2 is 2.20 bits per heavy atom. The molecule has 0 saturated carbocycles. The van der Waals surface area contributed by atoms with Crippen LogP contribution in [0.3, 0.4) is 0 Å². The molecule has 3 rings (SSSR count). The van der Waals surface area contributed by atoms with E-state index in [1.807, 2.05) is 6.20 Å². The maximum atomic E-state index is 4.49. The van der Waals surface area contributed by atoms with Crippen molar-refractivity contribution in [3.05, 3.63) is 47.8 Å². The molecule has 1 atom stereocenters. The molecule has 1 unspecified atom stereocenters. The summed E-state index contributed by atoms with van der Waals surface area (Å²) in [5, 5.41) is 3.47. The van der Waals surface area contributed by atoms with Crippen molar-refractivity contribution in [2.45, 2.75) is 39.2 Å². The fourth-order valence-corrected chi connectivity index (χ4v) is 3.01. The number of anilines is 1. The van der Waals surface area contributed by atoms with Gasteiger partial charge in [-0.2, -0.15) is 0 Å². The van der Waals surface area contributed by atoms with Gasteiger partial charge in [-0.15, -0.1) is 0 Å². The highest BCUT2D eigenvalue weighted by atomic mass is 15.2. The number of hydrogen-bond donors (Lipinski definition) is 1. The quantitative estimate of drug-likeness (QED) is 0.913. The van der Waals surface area contributed by atoms with Crippen LogP contribution < -0.4 is 5.32 Å². The fourth-order valence-electron chi connectivity index (χ4n) is 3.01. The summed E-state index contributed by atoms with van der Waals surface area (Å²) in [6.07, 6.45) is 7.67. The Balaban J connectivity index is 1.89. The first-order valence-corrected chi connectivity index (χ1v) is 7.60. The highest BCUT2D eigenvalue weighted by molar-refractivity contribution is 5.36. The molecule has 3 heteroatoms. The van der Waals surface area contributed by atoms with Crippen LogP contribution in [0, 0.1) is 5.92 Å². The van der Waals surface area contributed by atoms with E-state index in [4.69, 9.17) is 0 Å². The van der Waals surface area contributed by atoms with Crippen LogP contribution in [0.5, 0.6) is 0 Å². The second-order valence-corrected chi connectivity index (χ2v) is 6.04. The number of fused-ring (bicyclic) bond motifs is 1. The predicted octanol–water partition coefficient (Wildman–Crippen LogP) is 3.88. The normalized spacial score (nSPS) is 18.1. The molecule has 1 aliphatic carbocycles. The number of imidazole rings is 1. The van der Waals surface area contributed by atoms with Gasteiger partial charge in [0.25, 0.3) is 0 Å². The standard InChI is InChI=1S/C17H23N3/c1-13(2)12-19-17-18-10-11-20(17)16-9-5-7-14-6-3-4-8-15(14)16/h3-4,6,8,10-11,13,16H,5,7,9,12H2,1-2H3,(H,18,19). The van der Waals surface area contributed by atoms with Crippen molar-refractivity contribution in [2.24, 2.45) is 5.92 Å². The topological polar surface area (TPSA) is 29.9 Å². The molecule has 106 valence electrons. The van der Waals surface area contributed by atoms with Crippen molar-refractivity contribution in [2.75, 3.05) is 11.9 Å². The first-order chi connectivity index (χ1) is 9.75. The van der Waals surface area contributed by atoms with Gasteiger partial charge in [0, 0.05) is 18.9 Å². The minimum atomic E-state index is 0.428. The van der Waals surface area contributed by atoms with Gasteiger partial charge in [0.1, 0.15) is 0 Å². The minimum Gasteiger partial charge on any atom is -0.355 e. The maximum absolute atomic E-state index is 4.49. The monoisotopic (exact) mass is 269 g/mol. The van der Waals surface area contributed by atoms with E-state index in [1.165, 1.54) is 30.4 Å². The SMILES string of the molecule is CC(C)CNc1nccn1C1CCCc2ccccc21. The van der Waals surface area contributed by atoms with E-state index in [1.54, 1.807) is 0 Å². The molecule has 1 aliphatic rings. The lowest BCUT2D eigenvalue weighted by Crippen LogP contribution is -2.20. The lowest BCUT2D eigenvalue weighted by atomic mass is 9.87. The molecule has 1 N–H and O–H groups in total. The molecule has 3 nitrogen and oxygen atoms in total. The highest BCUT2D eigenvalue weighted by Crippen LogP contribution is 2.34. The maximum Gasteiger partial charge on any atom is 0.203 e. The Labute approximate surface area is 121 Å². The zero-order valence-corrected chi connectivity index (χ0v) is 12.3. The van der Waals surface area contributed by atoms with E-state index in [2.05, 4.69) is 59.2 Å². The summed E-state index contributed by atoms with van der Waals surface area (Å²) in [6, 6.07) is 9.25. The third-order valence-electron chi connectivity index (χ3n) is 4.01. The fraction of sp³-hybridized carbons (Fsp3) is 0.471. The number of aromatic nitrogens is 2. The molecule has 0 fully saturated rings. The number of hydrogen-bond acceptors (Lipinski definition) is 2. The summed E-state index contributed by atoms with van der Waals surface area (Å²) in [5.41, 5.74) is 2.96. The van der Waals surface area contributed by atoms with Crippen molar-refractivity contribution < 1.29 is 0 Å². The molecule has 20 heavy (non-hydrogen) atoms. The number of aryl methyl sites for hydroxylation is 1. The van der Waals surface area contributed by atoms with Crippen molar-refractivity contribution in [3.8, 4) is 0 Å². The van der Waals surface area contributed by atoms with Crippen LogP contribution in [-0.2, 0) is 6.42 Å². The molecule has 0 bridgehead atoms. The minimum absolute atomic E-state index is 0.428. The Bertz CT molecular complexity index is 571. The molecular weight excluding hydrogens is 246 g/mol. The molecular formula is C17H23N3. The van der Waals surface area contributed by atoms with Crippen LogP contribution in [0.25, 0.3) is 0 Å². The van der Waals surface area contributed by atoms with Gasteiger partial charge in [-0.3, -0.25) is 0 Å². The first-order valence-electron chi connectivity index (χ1n) is 7.60. The number of rotatable bonds is 4. The van der Waals surface area contributed by atoms with Crippen LogP contribution >= 0.6 is 0 Å². The van der Waals surface area contributed by atoms with E-state index >= 15 is 0 Å². The molecule has 1 aromatic heterocycles. The molecule has 0 radical (unpaired) electrons. The Kier molecular flexibility index (Phi) is 3.77. The second kappa shape index (κ2) is 5.70. The lowest BCUT2D eigenvalue weighted by Gasteiger charge is -2.28. The van der Waals surface area contributed by atoms with Gasteiger partial charge in [0.15, 0.2) is 0 Å². The van der Waals surface area contributed by atoms with Crippen molar-refractivity contribution in [3.63, 3.8) is 0 Å². The summed E-state index contributed by atoms with van der Waals surface area (Å²) in [4.78, 5) is 4.49. The average molecular weight is 269 g/mol. The van der Waals surface area contributed by atoms with Crippen LogP contribution in [0.15, 0.2) is 36.7 Å². The van der Waals surface area contributed by atoms with Crippen molar-refractivity contribution in [1.82, 2.24) is 9.55 Å². The predicted molar refractivity (Wildman–Crippen MR) is 83.1 cm³/mol. The number of nitrogens with zero attached hydrogens (tertiary/aromatic N) is 2. The Morgan fingerprint density at radius 1 is 1.35 bits per heavy atom. The summed E-state index contributed by atoms with van der Waals surface area (Å²) >= 11 is 0. The summed E-state index contributed by atoms with van der Waals surface area (Å²) in [5.74, 6) is 1.62. The smallest absolute Gasteiger partial charge is 0.203 e. The van der Waals surface area contributed by atoms with Crippen LogP contribution in [0.1, 0.15) is 43.9 Å². The highest BCUT2D eigenvalue weighted by Gasteiger charge is 2.22. The molecule has 0 spiro atoms. The van der Waals surface area contributed by atoms with Crippen molar-refractivity contribution in [1.29, 1.82) is 0 Å². The number of benzene rings is 1. The van der Waals surface area contributed by atoms with Crippen LogP contribution in [-0.4, -0.2) is 16.1 Å².